The van der Waals surface area contributed by atoms with E-state index in [9.17, 15) is 22.8 Å². The fraction of sp³-hybridized carbons (Fsp3) is 0.500. The third kappa shape index (κ3) is 6.71. The third-order valence-electron chi connectivity index (χ3n) is 2.90. The molecule has 1 aromatic carbocycles. The highest BCUT2D eigenvalue weighted by atomic mass is 19.4. The number of carbonyl (C=O) groups excluding carboxylic acids is 2. The van der Waals surface area contributed by atoms with E-state index in [1.807, 2.05) is 20.8 Å². The standard InChI is InChI=1S/C16H21F3N2O2/c1-15(2,3)10-13(22)20-8-9-21-14(23)11-6-4-5-7-12(11)16(17,18)19/h4-7H,8-10H2,1-3H3,(H,20,22)(H,21,23). The van der Waals surface area contributed by atoms with Crippen molar-refractivity contribution in [2.75, 3.05) is 13.1 Å². The number of benzene rings is 1. The van der Waals surface area contributed by atoms with E-state index in [4.69, 9.17) is 0 Å². The van der Waals surface area contributed by atoms with Gasteiger partial charge in [-0.15, -0.1) is 0 Å². The second kappa shape index (κ2) is 7.48. The number of hydrogen-bond acceptors (Lipinski definition) is 2. The summed E-state index contributed by atoms with van der Waals surface area (Å²) in [5, 5.41) is 4.99. The molecule has 0 spiro atoms. The van der Waals surface area contributed by atoms with Crippen molar-refractivity contribution in [1.29, 1.82) is 0 Å². The first kappa shape index (κ1) is 19.0. The van der Waals surface area contributed by atoms with Crippen molar-refractivity contribution >= 4 is 11.8 Å². The van der Waals surface area contributed by atoms with Crippen LogP contribution in [-0.2, 0) is 11.0 Å². The molecule has 0 atom stereocenters. The summed E-state index contributed by atoms with van der Waals surface area (Å²) in [4.78, 5) is 23.4. The lowest BCUT2D eigenvalue weighted by Gasteiger charge is -2.17. The summed E-state index contributed by atoms with van der Waals surface area (Å²) in [5.74, 6) is -0.981. The van der Waals surface area contributed by atoms with Gasteiger partial charge in [0.25, 0.3) is 5.91 Å². The topological polar surface area (TPSA) is 58.2 Å². The first-order chi connectivity index (χ1) is 10.5. The van der Waals surface area contributed by atoms with E-state index in [1.54, 1.807) is 0 Å². The van der Waals surface area contributed by atoms with E-state index in [0.717, 1.165) is 12.1 Å². The van der Waals surface area contributed by atoms with Crippen LogP contribution in [0.4, 0.5) is 13.2 Å². The maximum Gasteiger partial charge on any atom is 0.417 e. The molecule has 128 valence electrons. The van der Waals surface area contributed by atoms with Crippen LogP contribution in [0, 0.1) is 5.41 Å². The normalized spacial score (nSPS) is 11.9. The predicted molar refractivity (Wildman–Crippen MR) is 80.9 cm³/mol. The van der Waals surface area contributed by atoms with Gasteiger partial charge in [-0.1, -0.05) is 32.9 Å². The van der Waals surface area contributed by atoms with Crippen LogP contribution >= 0.6 is 0 Å². The van der Waals surface area contributed by atoms with Crippen molar-refractivity contribution in [2.45, 2.75) is 33.4 Å². The Balaban J connectivity index is 2.51. The SMILES string of the molecule is CC(C)(C)CC(=O)NCCNC(=O)c1ccccc1C(F)(F)F. The van der Waals surface area contributed by atoms with E-state index >= 15 is 0 Å². The van der Waals surface area contributed by atoms with E-state index in [-0.39, 0.29) is 24.4 Å². The Morgan fingerprint density at radius 2 is 1.57 bits per heavy atom. The molecule has 0 saturated heterocycles. The molecule has 0 aliphatic rings. The Kier molecular flexibility index (Phi) is 6.18. The highest BCUT2D eigenvalue weighted by Crippen LogP contribution is 2.31. The lowest BCUT2D eigenvalue weighted by Crippen LogP contribution is -2.36. The summed E-state index contributed by atoms with van der Waals surface area (Å²) in [6, 6.07) is 4.58. The Morgan fingerprint density at radius 1 is 1.00 bits per heavy atom. The molecule has 0 bridgehead atoms. The maximum atomic E-state index is 12.8. The molecule has 2 N–H and O–H groups in total. The van der Waals surface area contributed by atoms with Crippen molar-refractivity contribution < 1.29 is 22.8 Å². The van der Waals surface area contributed by atoms with E-state index < -0.39 is 23.2 Å². The van der Waals surface area contributed by atoms with Crippen LogP contribution in [0.25, 0.3) is 0 Å². The second-order valence-electron chi connectivity index (χ2n) is 6.39. The van der Waals surface area contributed by atoms with Crippen LogP contribution in [-0.4, -0.2) is 24.9 Å². The summed E-state index contributed by atoms with van der Waals surface area (Å²) in [6.07, 6.45) is -4.26. The highest BCUT2D eigenvalue weighted by Gasteiger charge is 2.34. The van der Waals surface area contributed by atoms with Crippen molar-refractivity contribution in [3.8, 4) is 0 Å². The maximum absolute atomic E-state index is 12.8. The van der Waals surface area contributed by atoms with Crippen LogP contribution in [0.15, 0.2) is 24.3 Å². The lowest BCUT2D eigenvalue weighted by atomic mass is 9.92. The van der Waals surface area contributed by atoms with Crippen LogP contribution < -0.4 is 10.6 Å². The minimum atomic E-state index is -4.59. The van der Waals surface area contributed by atoms with Gasteiger partial charge in [-0.2, -0.15) is 13.2 Å². The van der Waals surface area contributed by atoms with Gasteiger partial charge in [0.05, 0.1) is 11.1 Å². The van der Waals surface area contributed by atoms with E-state index in [2.05, 4.69) is 10.6 Å². The Bertz CT molecular complexity index is 563. The molecule has 1 aromatic rings. The van der Waals surface area contributed by atoms with Gasteiger partial charge in [-0.05, 0) is 17.5 Å². The smallest absolute Gasteiger partial charge is 0.354 e. The predicted octanol–water partition coefficient (Wildman–Crippen LogP) is 2.99. The quantitative estimate of drug-likeness (QED) is 0.816. The molecule has 0 saturated carbocycles. The van der Waals surface area contributed by atoms with Crippen LogP contribution in [0.5, 0.6) is 0 Å². The average Bonchev–Trinajstić information content (AvgIpc) is 2.40. The molecule has 1 rings (SSSR count). The van der Waals surface area contributed by atoms with Gasteiger partial charge in [0.2, 0.25) is 5.91 Å². The van der Waals surface area contributed by atoms with Gasteiger partial charge in [-0.25, -0.2) is 0 Å². The number of halogens is 3. The first-order valence-corrected chi connectivity index (χ1v) is 7.22. The van der Waals surface area contributed by atoms with Gasteiger partial charge in [0.15, 0.2) is 0 Å². The lowest BCUT2D eigenvalue weighted by molar-refractivity contribution is -0.138. The molecule has 0 aromatic heterocycles. The number of rotatable bonds is 5. The Morgan fingerprint density at radius 3 is 2.13 bits per heavy atom. The van der Waals surface area contributed by atoms with Gasteiger partial charge >= 0.3 is 6.18 Å². The molecule has 0 aliphatic heterocycles. The van der Waals surface area contributed by atoms with Gasteiger partial charge in [0, 0.05) is 19.5 Å². The molecule has 0 radical (unpaired) electrons. The molecule has 0 unspecified atom stereocenters. The van der Waals surface area contributed by atoms with Crippen molar-refractivity contribution in [2.24, 2.45) is 5.41 Å². The zero-order valence-electron chi connectivity index (χ0n) is 13.4. The number of carbonyl (C=O) groups is 2. The molecule has 0 aliphatic carbocycles. The fourth-order valence-corrected chi connectivity index (χ4v) is 1.95. The summed E-state index contributed by atoms with van der Waals surface area (Å²) in [6.45, 7) is 5.98. The molecular weight excluding hydrogens is 309 g/mol. The minimum absolute atomic E-state index is 0.0565. The number of nitrogens with one attached hydrogen (secondary N) is 2. The molecule has 2 amide bonds. The number of amides is 2. The van der Waals surface area contributed by atoms with E-state index in [1.165, 1.54) is 12.1 Å². The third-order valence-corrected chi connectivity index (χ3v) is 2.90. The van der Waals surface area contributed by atoms with Crippen LogP contribution in [0.1, 0.15) is 43.1 Å². The zero-order chi connectivity index (χ0) is 17.7. The Hall–Kier alpha value is -2.05. The van der Waals surface area contributed by atoms with Crippen LogP contribution in [0.2, 0.25) is 0 Å². The van der Waals surface area contributed by atoms with Gasteiger partial charge < -0.3 is 10.6 Å². The monoisotopic (exact) mass is 330 g/mol. The molecule has 7 heteroatoms. The van der Waals surface area contributed by atoms with E-state index in [0.29, 0.717) is 6.42 Å². The van der Waals surface area contributed by atoms with Crippen molar-refractivity contribution in [3.63, 3.8) is 0 Å². The molecule has 0 fully saturated rings. The number of alkyl halides is 3. The first-order valence-electron chi connectivity index (χ1n) is 7.22. The summed E-state index contributed by atoms with van der Waals surface area (Å²) < 4.78 is 38.5. The zero-order valence-corrected chi connectivity index (χ0v) is 13.4. The van der Waals surface area contributed by atoms with Gasteiger partial charge in [-0.3, -0.25) is 9.59 Å². The largest absolute Gasteiger partial charge is 0.417 e. The minimum Gasteiger partial charge on any atom is -0.354 e. The second-order valence-corrected chi connectivity index (χ2v) is 6.39. The number of hydrogen-bond donors (Lipinski definition) is 2. The summed E-state index contributed by atoms with van der Waals surface area (Å²) >= 11 is 0. The molecule has 23 heavy (non-hydrogen) atoms. The van der Waals surface area contributed by atoms with Crippen molar-refractivity contribution in [1.82, 2.24) is 10.6 Å². The average molecular weight is 330 g/mol. The molecule has 4 nitrogen and oxygen atoms in total. The van der Waals surface area contributed by atoms with Crippen molar-refractivity contribution in [3.05, 3.63) is 35.4 Å². The van der Waals surface area contributed by atoms with Gasteiger partial charge in [0.1, 0.15) is 0 Å². The molecule has 0 heterocycles. The Labute approximate surface area is 133 Å². The fourth-order valence-electron chi connectivity index (χ4n) is 1.95. The highest BCUT2D eigenvalue weighted by molar-refractivity contribution is 5.95. The molecular formula is C16H21F3N2O2. The summed E-state index contributed by atoms with van der Waals surface area (Å²) in [7, 11) is 0. The summed E-state index contributed by atoms with van der Waals surface area (Å²) in [5.41, 5.74) is -1.56. The van der Waals surface area contributed by atoms with Crippen LogP contribution in [0.3, 0.4) is 0 Å².